The van der Waals surface area contributed by atoms with Gasteiger partial charge in [0.05, 0.1) is 5.69 Å². The summed E-state index contributed by atoms with van der Waals surface area (Å²) < 4.78 is 8.71. The van der Waals surface area contributed by atoms with Gasteiger partial charge in [-0.1, -0.05) is 6.07 Å². The topological polar surface area (TPSA) is 39.9 Å². The molecule has 0 aromatic carbocycles. The molecule has 0 bridgehead atoms. The third kappa shape index (κ3) is 2.54. The highest BCUT2D eigenvalue weighted by Crippen LogP contribution is 2.26. The minimum absolute atomic E-state index is 0.421. The molecule has 0 aliphatic carbocycles. The molecule has 0 fully saturated rings. The van der Waals surface area contributed by atoms with Gasteiger partial charge in [0.1, 0.15) is 12.3 Å². The average Bonchev–Trinajstić information content (AvgIpc) is 2.73. The molecule has 0 radical (unpaired) electrons. The average molecular weight is 332 g/mol. The first-order valence-electron chi connectivity index (χ1n) is 6.29. The molecule has 0 atom stereocenters. The number of aryl methyl sites for hydroxylation is 2. The molecule has 0 saturated carbocycles. The summed E-state index contributed by atoms with van der Waals surface area (Å²) in [4.78, 5) is 8.82. The molecule has 0 unspecified atom stereocenters. The quantitative estimate of drug-likeness (QED) is 0.735. The molecule has 3 rings (SSSR count). The van der Waals surface area contributed by atoms with Crippen LogP contribution in [0, 0.1) is 6.92 Å². The largest absolute Gasteiger partial charge is 0.471 e. The van der Waals surface area contributed by atoms with Crippen LogP contribution in [0.25, 0.3) is 11.0 Å². The zero-order valence-electron chi connectivity index (χ0n) is 11.3. The molecule has 102 valence electrons. The van der Waals surface area contributed by atoms with Crippen molar-refractivity contribution < 1.29 is 4.74 Å². The molecule has 3 heterocycles. The molecule has 0 saturated heterocycles. The molecule has 3 aromatic rings. The maximum Gasteiger partial charge on any atom is 0.215 e. The van der Waals surface area contributed by atoms with Crippen molar-refractivity contribution in [3.05, 3.63) is 52.4 Å². The summed E-state index contributed by atoms with van der Waals surface area (Å²) in [5.41, 5.74) is 2.93. The van der Waals surface area contributed by atoms with E-state index in [-0.39, 0.29) is 0 Å². The van der Waals surface area contributed by atoms with Crippen LogP contribution < -0.4 is 4.74 Å². The predicted octanol–water partition coefficient (Wildman–Crippen LogP) is 3.62. The van der Waals surface area contributed by atoms with E-state index < -0.39 is 0 Å². The van der Waals surface area contributed by atoms with Gasteiger partial charge in [-0.15, -0.1) is 0 Å². The second-order valence-corrected chi connectivity index (χ2v) is 5.58. The number of hydrogen-bond acceptors (Lipinski definition) is 3. The number of nitrogens with zero attached hydrogens (tertiary/aromatic N) is 3. The Labute approximate surface area is 125 Å². The molecule has 0 aliphatic heterocycles. The highest BCUT2D eigenvalue weighted by molar-refractivity contribution is 9.10. The third-order valence-corrected chi connectivity index (χ3v) is 3.72. The van der Waals surface area contributed by atoms with Crippen molar-refractivity contribution in [3.8, 4) is 5.88 Å². The Morgan fingerprint density at radius 2 is 2.10 bits per heavy atom. The van der Waals surface area contributed by atoms with Crippen molar-refractivity contribution in [2.24, 2.45) is 7.05 Å². The van der Waals surface area contributed by atoms with Gasteiger partial charge in [0.2, 0.25) is 5.88 Å². The Balaban J connectivity index is 1.80. The summed E-state index contributed by atoms with van der Waals surface area (Å²) in [6.07, 6.45) is 3.83. The van der Waals surface area contributed by atoms with Crippen LogP contribution in [0.1, 0.15) is 11.3 Å². The summed E-state index contributed by atoms with van der Waals surface area (Å²) in [6, 6.07) is 7.87. The maximum atomic E-state index is 5.70. The van der Waals surface area contributed by atoms with Gasteiger partial charge in [-0.25, -0.2) is 0 Å². The zero-order valence-corrected chi connectivity index (χ0v) is 12.9. The van der Waals surface area contributed by atoms with Crippen molar-refractivity contribution in [3.63, 3.8) is 0 Å². The first-order chi connectivity index (χ1) is 9.63. The second kappa shape index (κ2) is 5.25. The molecule has 0 spiro atoms. The zero-order chi connectivity index (χ0) is 14.1. The lowest BCUT2D eigenvalue weighted by atomic mass is 10.3. The molecule has 20 heavy (non-hydrogen) atoms. The minimum Gasteiger partial charge on any atom is -0.471 e. The van der Waals surface area contributed by atoms with Gasteiger partial charge >= 0.3 is 0 Å². The van der Waals surface area contributed by atoms with E-state index in [0.29, 0.717) is 12.5 Å². The second-order valence-electron chi connectivity index (χ2n) is 4.72. The first-order valence-corrected chi connectivity index (χ1v) is 7.09. The molecule has 3 aromatic heterocycles. The van der Waals surface area contributed by atoms with Gasteiger partial charge in [-0.3, -0.25) is 4.98 Å². The normalized spacial score (nSPS) is 10.9. The monoisotopic (exact) mass is 331 g/mol. The fourth-order valence-corrected chi connectivity index (χ4v) is 2.62. The highest BCUT2D eigenvalue weighted by Gasteiger charge is 2.07. The van der Waals surface area contributed by atoms with Crippen LogP contribution in [0.5, 0.6) is 5.88 Å². The molecule has 0 amide bonds. The van der Waals surface area contributed by atoms with Gasteiger partial charge < -0.3 is 9.30 Å². The van der Waals surface area contributed by atoms with E-state index in [1.165, 1.54) is 0 Å². The Morgan fingerprint density at radius 1 is 1.25 bits per heavy atom. The van der Waals surface area contributed by atoms with Gasteiger partial charge in [-0.2, -0.15) is 4.98 Å². The fourth-order valence-electron chi connectivity index (χ4n) is 2.00. The Bertz CT molecular complexity index is 750. The number of rotatable bonds is 3. The minimum atomic E-state index is 0.421. The number of pyridine rings is 2. The van der Waals surface area contributed by atoms with Crippen LogP contribution >= 0.6 is 15.9 Å². The number of ether oxygens (including phenoxy) is 1. The number of aromatic nitrogens is 3. The van der Waals surface area contributed by atoms with Gasteiger partial charge in [0.15, 0.2) is 0 Å². The molecule has 5 heteroatoms. The van der Waals surface area contributed by atoms with Crippen molar-refractivity contribution in [1.82, 2.24) is 14.5 Å². The van der Waals surface area contributed by atoms with Gasteiger partial charge in [0.25, 0.3) is 0 Å². The third-order valence-electron chi connectivity index (χ3n) is 3.09. The lowest BCUT2D eigenvalue weighted by Crippen LogP contribution is -2.00. The van der Waals surface area contributed by atoms with Crippen molar-refractivity contribution in [2.45, 2.75) is 13.5 Å². The SMILES string of the molecule is Cc1ccc(COc2ccc3c(Br)cn(C)c3n2)nc1. The Morgan fingerprint density at radius 3 is 2.85 bits per heavy atom. The van der Waals surface area contributed by atoms with Crippen molar-refractivity contribution in [1.29, 1.82) is 0 Å². The van der Waals surface area contributed by atoms with E-state index in [2.05, 4.69) is 25.9 Å². The van der Waals surface area contributed by atoms with Gasteiger partial charge in [-0.05, 0) is 40.5 Å². The number of hydrogen-bond donors (Lipinski definition) is 0. The molecule has 4 nitrogen and oxygen atoms in total. The molecule has 0 aliphatic rings. The van der Waals surface area contributed by atoms with Crippen LogP contribution in [-0.2, 0) is 13.7 Å². The standard InChI is InChI=1S/C15H14BrN3O/c1-10-3-4-11(17-7-10)9-20-14-6-5-12-13(16)8-19(2)15(12)18-14/h3-8H,9H2,1-2H3. The number of fused-ring (bicyclic) bond motifs is 1. The summed E-state index contributed by atoms with van der Waals surface area (Å²) in [6.45, 7) is 2.44. The molecular weight excluding hydrogens is 318 g/mol. The van der Waals surface area contributed by atoms with Crippen LogP contribution in [0.3, 0.4) is 0 Å². The van der Waals surface area contributed by atoms with Crippen LogP contribution in [0.4, 0.5) is 0 Å². The van der Waals surface area contributed by atoms with Crippen LogP contribution in [-0.4, -0.2) is 14.5 Å². The Kier molecular flexibility index (Phi) is 3.44. The summed E-state index contributed by atoms with van der Waals surface area (Å²) >= 11 is 3.51. The van der Waals surface area contributed by atoms with E-state index >= 15 is 0 Å². The first kappa shape index (κ1) is 13.1. The van der Waals surface area contributed by atoms with E-state index in [1.54, 1.807) is 0 Å². The summed E-state index contributed by atoms with van der Waals surface area (Å²) in [5.74, 6) is 0.605. The lowest BCUT2D eigenvalue weighted by molar-refractivity contribution is 0.290. The molecule has 0 N–H and O–H groups in total. The summed E-state index contributed by atoms with van der Waals surface area (Å²) in [5, 5.41) is 1.08. The van der Waals surface area contributed by atoms with E-state index in [4.69, 9.17) is 4.74 Å². The van der Waals surface area contributed by atoms with E-state index in [0.717, 1.165) is 26.8 Å². The van der Waals surface area contributed by atoms with Crippen molar-refractivity contribution in [2.75, 3.05) is 0 Å². The van der Waals surface area contributed by atoms with Crippen LogP contribution in [0.2, 0.25) is 0 Å². The van der Waals surface area contributed by atoms with Gasteiger partial charge in [0, 0.05) is 35.4 Å². The fraction of sp³-hybridized carbons (Fsp3) is 0.200. The number of halogens is 1. The predicted molar refractivity (Wildman–Crippen MR) is 81.7 cm³/mol. The van der Waals surface area contributed by atoms with E-state index in [1.807, 2.05) is 55.2 Å². The smallest absolute Gasteiger partial charge is 0.215 e. The van der Waals surface area contributed by atoms with E-state index in [9.17, 15) is 0 Å². The lowest BCUT2D eigenvalue weighted by Gasteiger charge is -2.05. The highest BCUT2D eigenvalue weighted by atomic mass is 79.9. The molecular formula is C15H14BrN3O. The van der Waals surface area contributed by atoms with Crippen molar-refractivity contribution >= 4 is 27.0 Å². The van der Waals surface area contributed by atoms with Crippen LogP contribution in [0.15, 0.2) is 41.1 Å². The summed E-state index contributed by atoms with van der Waals surface area (Å²) in [7, 11) is 1.96. The Hall–Kier alpha value is -1.88. The maximum absolute atomic E-state index is 5.70.